The van der Waals surface area contributed by atoms with E-state index in [0.717, 1.165) is 0 Å². The molecule has 1 aromatic heterocycles. The molecule has 3 aromatic carbocycles. The summed E-state index contributed by atoms with van der Waals surface area (Å²) < 4.78 is 28.9. The first kappa shape index (κ1) is 17.9. The van der Waals surface area contributed by atoms with E-state index in [4.69, 9.17) is 14.0 Å². The number of carbonyl (C=O) groups excluding carboxylic acids is 1. The van der Waals surface area contributed by atoms with Gasteiger partial charge in [0.1, 0.15) is 5.82 Å². The van der Waals surface area contributed by atoms with E-state index in [1.54, 1.807) is 54.6 Å². The quantitative estimate of drug-likeness (QED) is 0.539. The van der Waals surface area contributed by atoms with Gasteiger partial charge < -0.3 is 19.3 Å². The van der Waals surface area contributed by atoms with E-state index in [1.165, 1.54) is 12.1 Å². The highest BCUT2D eigenvalue weighted by molar-refractivity contribution is 6.04. The Morgan fingerprint density at radius 2 is 1.63 bits per heavy atom. The number of nitrogens with zero attached hydrogens (tertiary/aromatic N) is 2. The first-order chi connectivity index (χ1) is 14.7. The molecule has 0 spiro atoms. The number of amides is 1. The zero-order valence-corrected chi connectivity index (χ0v) is 15.5. The minimum Gasteiger partial charge on any atom is -0.454 e. The molecule has 0 fully saturated rings. The number of benzene rings is 3. The number of hydrogen-bond donors (Lipinski definition) is 1. The van der Waals surface area contributed by atoms with E-state index >= 15 is 0 Å². The van der Waals surface area contributed by atoms with Crippen molar-refractivity contribution < 1.29 is 23.2 Å². The molecule has 5 rings (SSSR count). The molecule has 30 heavy (non-hydrogen) atoms. The standard InChI is InChI=1S/C22H14FN3O4/c23-16-7-5-13(6-8-16)20-25-22(30-26-20)15-3-1-14(2-4-15)21(27)24-17-9-10-18-19(11-17)29-12-28-18/h1-11H,12H2,(H,24,27). The Kier molecular flexibility index (Phi) is 4.36. The molecule has 0 unspecified atom stereocenters. The molecule has 0 saturated carbocycles. The SMILES string of the molecule is O=C(Nc1ccc2c(c1)OCO2)c1ccc(-c2nc(-c3ccc(F)cc3)no2)cc1. The van der Waals surface area contributed by atoms with Gasteiger partial charge in [0.15, 0.2) is 11.5 Å². The maximum atomic E-state index is 13.1. The number of hydrogen-bond acceptors (Lipinski definition) is 6. The number of fused-ring (bicyclic) bond motifs is 1. The number of anilines is 1. The third-order valence-corrected chi connectivity index (χ3v) is 4.55. The highest BCUT2D eigenvalue weighted by Crippen LogP contribution is 2.34. The fourth-order valence-electron chi connectivity index (χ4n) is 3.00. The lowest BCUT2D eigenvalue weighted by atomic mass is 10.1. The van der Waals surface area contributed by atoms with Gasteiger partial charge in [-0.2, -0.15) is 4.98 Å². The van der Waals surface area contributed by atoms with Gasteiger partial charge in [0.25, 0.3) is 11.8 Å². The van der Waals surface area contributed by atoms with E-state index in [0.29, 0.717) is 45.6 Å². The van der Waals surface area contributed by atoms with Crippen molar-refractivity contribution in [2.45, 2.75) is 0 Å². The van der Waals surface area contributed by atoms with Gasteiger partial charge in [0.05, 0.1) is 0 Å². The summed E-state index contributed by atoms with van der Waals surface area (Å²) in [6.07, 6.45) is 0. The summed E-state index contributed by atoms with van der Waals surface area (Å²) in [6, 6.07) is 17.8. The van der Waals surface area contributed by atoms with Gasteiger partial charge >= 0.3 is 0 Å². The second kappa shape index (κ2) is 7.32. The molecule has 1 aliphatic rings. The Labute approximate surface area is 170 Å². The number of rotatable bonds is 4. The van der Waals surface area contributed by atoms with Crippen LogP contribution < -0.4 is 14.8 Å². The molecule has 0 radical (unpaired) electrons. The lowest BCUT2D eigenvalue weighted by Gasteiger charge is -2.06. The molecule has 0 atom stereocenters. The maximum absolute atomic E-state index is 13.1. The summed E-state index contributed by atoms with van der Waals surface area (Å²) in [5, 5.41) is 6.75. The summed E-state index contributed by atoms with van der Waals surface area (Å²) in [4.78, 5) is 16.8. The van der Waals surface area contributed by atoms with Crippen molar-refractivity contribution in [1.29, 1.82) is 0 Å². The van der Waals surface area contributed by atoms with Crippen molar-refractivity contribution in [3.05, 3.63) is 78.1 Å². The highest BCUT2D eigenvalue weighted by Gasteiger charge is 2.15. The van der Waals surface area contributed by atoms with E-state index in [9.17, 15) is 9.18 Å². The summed E-state index contributed by atoms with van der Waals surface area (Å²) in [5.74, 6) is 1.30. The summed E-state index contributed by atoms with van der Waals surface area (Å²) in [5.41, 5.74) is 2.38. The molecule has 4 aromatic rings. The molecular formula is C22H14FN3O4. The fourth-order valence-corrected chi connectivity index (χ4v) is 3.00. The Hall–Kier alpha value is -4.20. The Bertz CT molecular complexity index is 1220. The van der Waals surface area contributed by atoms with Crippen LogP contribution in [0.25, 0.3) is 22.8 Å². The highest BCUT2D eigenvalue weighted by atomic mass is 19.1. The molecular weight excluding hydrogens is 389 g/mol. The van der Waals surface area contributed by atoms with Crippen molar-refractivity contribution in [2.75, 3.05) is 12.1 Å². The van der Waals surface area contributed by atoms with Crippen LogP contribution in [0.1, 0.15) is 10.4 Å². The summed E-state index contributed by atoms with van der Waals surface area (Å²) >= 11 is 0. The van der Waals surface area contributed by atoms with Crippen molar-refractivity contribution >= 4 is 11.6 Å². The van der Waals surface area contributed by atoms with E-state index in [1.807, 2.05) is 0 Å². The Morgan fingerprint density at radius 1 is 0.900 bits per heavy atom. The van der Waals surface area contributed by atoms with Gasteiger partial charge in [-0.25, -0.2) is 4.39 Å². The average molecular weight is 403 g/mol. The van der Waals surface area contributed by atoms with Crippen LogP contribution in [0.4, 0.5) is 10.1 Å². The van der Waals surface area contributed by atoms with Crippen LogP contribution in [-0.4, -0.2) is 22.8 Å². The number of halogens is 1. The van der Waals surface area contributed by atoms with Crippen LogP contribution in [0.5, 0.6) is 11.5 Å². The van der Waals surface area contributed by atoms with Crippen LogP contribution >= 0.6 is 0 Å². The van der Waals surface area contributed by atoms with Gasteiger partial charge in [-0.3, -0.25) is 4.79 Å². The van der Waals surface area contributed by atoms with Gasteiger partial charge in [0.2, 0.25) is 12.6 Å². The van der Waals surface area contributed by atoms with Crippen LogP contribution in [0.2, 0.25) is 0 Å². The van der Waals surface area contributed by atoms with Crippen LogP contribution in [0, 0.1) is 5.82 Å². The number of aromatic nitrogens is 2. The predicted molar refractivity (Wildman–Crippen MR) is 106 cm³/mol. The molecule has 148 valence electrons. The predicted octanol–water partition coefficient (Wildman–Crippen LogP) is 4.52. The normalized spacial score (nSPS) is 12.0. The van der Waals surface area contributed by atoms with Crippen molar-refractivity contribution in [2.24, 2.45) is 0 Å². The molecule has 0 bridgehead atoms. The Balaban J connectivity index is 1.30. The number of ether oxygens (including phenoxy) is 2. The van der Waals surface area contributed by atoms with E-state index in [-0.39, 0.29) is 18.5 Å². The van der Waals surface area contributed by atoms with Gasteiger partial charge in [0, 0.05) is 28.4 Å². The monoisotopic (exact) mass is 403 g/mol. The zero-order chi connectivity index (χ0) is 20.5. The second-order valence-electron chi connectivity index (χ2n) is 6.53. The molecule has 8 heteroatoms. The van der Waals surface area contributed by atoms with E-state index < -0.39 is 0 Å². The van der Waals surface area contributed by atoms with Gasteiger partial charge in [-0.05, 0) is 60.7 Å². The minimum absolute atomic E-state index is 0.173. The number of carbonyl (C=O) groups is 1. The van der Waals surface area contributed by atoms with E-state index in [2.05, 4.69) is 15.5 Å². The van der Waals surface area contributed by atoms with Crippen LogP contribution in [-0.2, 0) is 0 Å². The summed E-state index contributed by atoms with van der Waals surface area (Å²) in [7, 11) is 0. The van der Waals surface area contributed by atoms with Crippen molar-refractivity contribution in [1.82, 2.24) is 10.1 Å². The average Bonchev–Trinajstić information content (AvgIpc) is 3.44. The van der Waals surface area contributed by atoms with Gasteiger partial charge in [-0.15, -0.1) is 0 Å². The third-order valence-electron chi connectivity index (χ3n) is 4.55. The fraction of sp³-hybridized carbons (Fsp3) is 0.0455. The molecule has 0 saturated heterocycles. The van der Waals surface area contributed by atoms with Crippen LogP contribution in [0.3, 0.4) is 0 Å². The first-order valence-electron chi connectivity index (χ1n) is 9.07. The third kappa shape index (κ3) is 3.46. The zero-order valence-electron chi connectivity index (χ0n) is 15.5. The van der Waals surface area contributed by atoms with Crippen LogP contribution in [0.15, 0.2) is 71.3 Å². The minimum atomic E-state index is -0.336. The molecule has 1 N–H and O–H groups in total. The summed E-state index contributed by atoms with van der Waals surface area (Å²) in [6.45, 7) is 0.173. The van der Waals surface area contributed by atoms with Crippen molar-refractivity contribution in [3.8, 4) is 34.3 Å². The smallest absolute Gasteiger partial charge is 0.258 e. The molecule has 1 amide bonds. The lowest BCUT2D eigenvalue weighted by Crippen LogP contribution is -2.11. The topological polar surface area (TPSA) is 86.5 Å². The largest absolute Gasteiger partial charge is 0.454 e. The maximum Gasteiger partial charge on any atom is 0.258 e. The Morgan fingerprint density at radius 3 is 2.43 bits per heavy atom. The van der Waals surface area contributed by atoms with Gasteiger partial charge in [-0.1, -0.05) is 5.16 Å². The second-order valence-corrected chi connectivity index (χ2v) is 6.53. The molecule has 0 aliphatic carbocycles. The lowest BCUT2D eigenvalue weighted by molar-refractivity contribution is 0.102. The molecule has 1 aliphatic heterocycles. The number of nitrogens with one attached hydrogen (secondary N) is 1. The van der Waals surface area contributed by atoms with Crippen molar-refractivity contribution in [3.63, 3.8) is 0 Å². The molecule has 7 nitrogen and oxygen atoms in total. The first-order valence-corrected chi connectivity index (χ1v) is 9.07. The molecule has 2 heterocycles.